The van der Waals surface area contributed by atoms with E-state index in [2.05, 4.69) is 16.3 Å². The van der Waals surface area contributed by atoms with Gasteiger partial charge in [0.2, 0.25) is 0 Å². The summed E-state index contributed by atoms with van der Waals surface area (Å²) in [7, 11) is 0. The predicted octanol–water partition coefficient (Wildman–Crippen LogP) is 2.19. The molecule has 2 aliphatic heterocycles. The SMILES string of the molecule is N#Cc1ccc(NCCCN2CC3CCC(C2)N3C(=O)O)cc1. The second kappa shape index (κ2) is 6.88. The van der Waals surface area contributed by atoms with E-state index >= 15 is 0 Å². The Morgan fingerprint density at radius 3 is 2.48 bits per heavy atom. The van der Waals surface area contributed by atoms with Gasteiger partial charge >= 0.3 is 6.09 Å². The Morgan fingerprint density at radius 1 is 1.26 bits per heavy atom. The first kappa shape index (κ1) is 15.6. The Labute approximate surface area is 136 Å². The zero-order chi connectivity index (χ0) is 16.2. The van der Waals surface area contributed by atoms with Crippen LogP contribution >= 0.6 is 0 Å². The van der Waals surface area contributed by atoms with E-state index in [0.717, 1.165) is 51.1 Å². The van der Waals surface area contributed by atoms with Gasteiger partial charge in [0.05, 0.1) is 11.6 Å². The van der Waals surface area contributed by atoms with Gasteiger partial charge in [0.25, 0.3) is 0 Å². The summed E-state index contributed by atoms with van der Waals surface area (Å²) in [5.41, 5.74) is 1.70. The first-order chi connectivity index (χ1) is 11.2. The minimum atomic E-state index is -0.764. The monoisotopic (exact) mass is 314 g/mol. The van der Waals surface area contributed by atoms with Crippen molar-refractivity contribution in [3.05, 3.63) is 29.8 Å². The van der Waals surface area contributed by atoms with E-state index in [9.17, 15) is 9.90 Å². The van der Waals surface area contributed by atoms with E-state index in [1.807, 2.05) is 24.3 Å². The Hall–Kier alpha value is -2.26. The zero-order valence-corrected chi connectivity index (χ0v) is 13.1. The number of nitriles is 1. The Morgan fingerprint density at radius 2 is 1.91 bits per heavy atom. The number of benzene rings is 1. The maximum absolute atomic E-state index is 11.3. The van der Waals surface area contributed by atoms with Gasteiger partial charge in [-0.05, 0) is 50.1 Å². The number of hydrogen-bond acceptors (Lipinski definition) is 4. The molecule has 0 aromatic heterocycles. The van der Waals surface area contributed by atoms with Gasteiger partial charge in [-0.25, -0.2) is 4.79 Å². The van der Waals surface area contributed by atoms with Gasteiger partial charge in [-0.1, -0.05) is 0 Å². The highest BCUT2D eigenvalue weighted by molar-refractivity contribution is 5.66. The summed E-state index contributed by atoms with van der Waals surface area (Å²) in [6, 6.07) is 9.93. The molecule has 0 saturated carbocycles. The number of rotatable bonds is 5. The zero-order valence-electron chi connectivity index (χ0n) is 13.1. The molecule has 1 amide bonds. The lowest BCUT2D eigenvalue weighted by atomic mass is 10.2. The van der Waals surface area contributed by atoms with Crippen LogP contribution in [-0.2, 0) is 0 Å². The third kappa shape index (κ3) is 3.57. The molecule has 2 heterocycles. The summed E-state index contributed by atoms with van der Waals surface area (Å²) in [5.74, 6) is 0. The van der Waals surface area contributed by atoms with Gasteiger partial charge in [-0.15, -0.1) is 0 Å². The Balaban J connectivity index is 1.40. The molecule has 6 nitrogen and oxygen atoms in total. The molecule has 3 rings (SSSR count). The van der Waals surface area contributed by atoms with Crippen LogP contribution in [0.1, 0.15) is 24.8 Å². The van der Waals surface area contributed by atoms with Crippen LogP contribution in [0.2, 0.25) is 0 Å². The van der Waals surface area contributed by atoms with Crippen LogP contribution in [-0.4, -0.2) is 59.3 Å². The molecule has 1 aromatic carbocycles. The summed E-state index contributed by atoms with van der Waals surface area (Å²) in [6.45, 7) is 3.59. The smallest absolute Gasteiger partial charge is 0.407 e. The fourth-order valence-corrected chi connectivity index (χ4v) is 3.68. The second-order valence-electron chi connectivity index (χ2n) is 6.30. The summed E-state index contributed by atoms with van der Waals surface area (Å²) in [5, 5.41) is 21.4. The molecule has 122 valence electrons. The van der Waals surface area contributed by atoms with E-state index in [4.69, 9.17) is 5.26 Å². The largest absolute Gasteiger partial charge is 0.465 e. The van der Waals surface area contributed by atoms with Crippen molar-refractivity contribution in [1.29, 1.82) is 5.26 Å². The van der Waals surface area contributed by atoms with Crippen molar-refractivity contribution < 1.29 is 9.90 Å². The van der Waals surface area contributed by atoms with Gasteiger partial charge < -0.3 is 10.4 Å². The van der Waals surface area contributed by atoms with Crippen LogP contribution in [0.3, 0.4) is 0 Å². The van der Waals surface area contributed by atoms with E-state index in [1.165, 1.54) is 0 Å². The van der Waals surface area contributed by atoms with Crippen molar-refractivity contribution in [2.24, 2.45) is 0 Å². The number of anilines is 1. The van der Waals surface area contributed by atoms with Crippen LogP contribution in [0, 0.1) is 11.3 Å². The van der Waals surface area contributed by atoms with Gasteiger partial charge in [0, 0.05) is 37.4 Å². The molecule has 2 atom stereocenters. The number of nitrogens with zero attached hydrogens (tertiary/aromatic N) is 3. The third-order valence-corrected chi connectivity index (χ3v) is 4.77. The number of hydrogen-bond donors (Lipinski definition) is 2. The van der Waals surface area contributed by atoms with Gasteiger partial charge in [0.15, 0.2) is 0 Å². The van der Waals surface area contributed by atoms with Crippen molar-refractivity contribution >= 4 is 11.8 Å². The molecule has 0 spiro atoms. The number of nitrogens with one attached hydrogen (secondary N) is 1. The van der Waals surface area contributed by atoms with Crippen molar-refractivity contribution in [1.82, 2.24) is 9.80 Å². The van der Waals surface area contributed by atoms with E-state index in [1.54, 1.807) is 4.90 Å². The van der Waals surface area contributed by atoms with Crippen LogP contribution in [0.15, 0.2) is 24.3 Å². The molecular formula is C17H22N4O2. The quantitative estimate of drug-likeness (QED) is 0.814. The molecule has 2 fully saturated rings. The molecule has 23 heavy (non-hydrogen) atoms. The van der Waals surface area contributed by atoms with Gasteiger partial charge in [0.1, 0.15) is 0 Å². The van der Waals surface area contributed by atoms with Gasteiger partial charge in [-0.2, -0.15) is 5.26 Å². The minimum Gasteiger partial charge on any atom is -0.465 e. The first-order valence-corrected chi connectivity index (χ1v) is 8.15. The van der Waals surface area contributed by atoms with Crippen molar-refractivity contribution in [2.45, 2.75) is 31.3 Å². The van der Waals surface area contributed by atoms with E-state index < -0.39 is 6.09 Å². The summed E-state index contributed by atoms with van der Waals surface area (Å²) >= 11 is 0. The highest BCUT2D eigenvalue weighted by atomic mass is 16.4. The second-order valence-corrected chi connectivity index (χ2v) is 6.30. The number of carboxylic acid groups (broad SMARTS) is 1. The molecule has 2 saturated heterocycles. The molecule has 2 N–H and O–H groups in total. The molecule has 0 aliphatic carbocycles. The summed E-state index contributed by atoms with van der Waals surface area (Å²) in [6.07, 6.45) is 2.25. The average Bonchev–Trinajstić information content (AvgIpc) is 2.84. The highest BCUT2D eigenvalue weighted by Gasteiger charge is 2.42. The van der Waals surface area contributed by atoms with Crippen molar-refractivity contribution in [3.63, 3.8) is 0 Å². The third-order valence-electron chi connectivity index (χ3n) is 4.77. The van der Waals surface area contributed by atoms with E-state index in [-0.39, 0.29) is 12.1 Å². The topological polar surface area (TPSA) is 79.6 Å². The lowest BCUT2D eigenvalue weighted by Crippen LogP contribution is -2.55. The van der Waals surface area contributed by atoms with Crippen LogP contribution in [0.5, 0.6) is 0 Å². The first-order valence-electron chi connectivity index (χ1n) is 8.15. The van der Waals surface area contributed by atoms with Gasteiger partial charge in [-0.3, -0.25) is 9.80 Å². The Kier molecular flexibility index (Phi) is 4.68. The van der Waals surface area contributed by atoms with Crippen LogP contribution < -0.4 is 5.32 Å². The van der Waals surface area contributed by atoms with Crippen molar-refractivity contribution in [3.8, 4) is 6.07 Å². The molecule has 6 heteroatoms. The standard InChI is InChI=1S/C17H22N4O2/c18-10-13-2-4-14(5-3-13)19-8-1-9-20-11-15-6-7-16(12-20)21(15)17(22)23/h2-5,15-16,19H,1,6-9,11-12H2,(H,22,23). The summed E-state index contributed by atoms with van der Waals surface area (Å²) in [4.78, 5) is 15.3. The number of piperazine rings is 1. The fourth-order valence-electron chi connectivity index (χ4n) is 3.68. The summed E-state index contributed by atoms with van der Waals surface area (Å²) < 4.78 is 0. The van der Waals surface area contributed by atoms with E-state index in [0.29, 0.717) is 5.56 Å². The minimum absolute atomic E-state index is 0.178. The molecule has 0 radical (unpaired) electrons. The average molecular weight is 314 g/mol. The maximum atomic E-state index is 11.3. The molecule has 2 bridgehead atoms. The molecular weight excluding hydrogens is 292 g/mol. The molecule has 2 aliphatic rings. The van der Waals surface area contributed by atoms with Crippen LogP contribution in [0.25, 0.3) is 0 Å². The van der Waals surface area contributed by atoms with Crippen LogP contribution in [0.4, 0.5) is 10.5 Å². The molecule has 1 aromatic rings. The number of likely N-dealkylation sites (tertiary alicyclic amines) is 1. The number of amides is 1. The lowest BCUT2D eigenvalue weighted by Gasteiger charge is -2.39. The maximum Gasteiger partial charge on any atom is 0.407 e. The lowest BCUT2D eigenvalue weighted by molar-refractivity contribution is 0.0622. The van der Waals surface area contributed by atoms with Crippen molar-refractivity contribution in [2.75, 3.05) is 31.5 Å². The normalized spacial score (nSPS) is 23.5. The molecule has 2 unspecified atom stereocenters. The predicted molar refractivity (Wildman–Crippen MR) is 87.4 cm³/mol. The Bertz CT molecular complexity index is 582. The fraction of sp³-hybridized carbons (Fsp3) is 0.529. The highest BCUT2D eigenvalue weighted by Crippen LogP contribution is 2.30. The number of fused-ring (bicyclic) bond motifs is 2. The number of carbonyl (C=O) groups is 1.